The first-order valence-corrected chi connectivity index (χ1v) is 4.65. The Bertz CT molecular complexity index is 626. The van der Waals surface area contributed by atoms with E-state index in [2.05, 4.69) is 0 Å². The molecule has 15 heavy (non-hydrogen) atoms. The molecule has 0 amide bonds. The van der Waals surface area contributed by atoms with Gasteiger partial charge in [-0.15, -0.1) is 0 Å². The lowest BCUT2D eigenvalue weighted by molar-refractivity contribution is 0.103. The van der Waals surface area contributed by atoms with Crippen LogP contribution < -0.4 is 5.56 Å². The number of hydrogen-bond acceptors (Lipinski definition) is 2. The molecule has 72 valence electrons. The summed E-state index contributed by atoms with van der Waals surface area (Å²) in [5.41, 5.74) is 1.57. The summed E-state index contributed by atoms with van der Waals surface area (Å²) in [6.07, 6.45) is 0. The SMILES string of the molecule is O=C1c2ccccc2-n2c1cccc2=O. The zero-order chi connectivity index (χ0) is 10.4. The van der Waals surface area contributed by atoms with E-state index in [1.165, 1.54) is 10.6 Å². The highest BCUT2D eigenvalue weighted by Gasteiger charge is 2.26. The first-order chi connectivity index (χ1) is 7.29. The third-order valence-electron chi connectivity index (χ3n) is 2.58. The van der Waals surface area contributed by atoms with E-state index in [0.717, 1.165) is 0 Å². The number of pyridine rings is 1. The number of benzene rings is 1. The van der Waals surface area contributed by atoms with E-state index >= 15 is 0 Å². The zero-order valence-corrected chi connectivity index (χ0v) is 7.81. The minimum Gasteiger partial charge on any atom is -0.287 e. The van der Waals surface area contributed by atoms with E-state index in [0.29, 0.717) is 16.9 Å². The second-order valence-electron chi connectivity index (χ2n) is 3.43. The molecule has 0 bridgehead atoms. The summed E-state index contributed by atoms with van der Waals surface area (Å²) in [6, 6.07) is 11.9. The fourth-order valence-electron chi connectivity index (χ4n) is 1.91. The van der Waals surface area contributed by atoms with Crippen LogP contribution in [0.4, 0.5) is 0 Å². The van der Waals surface area contributed by atoms with Gasteiger partial charge in [-0.3, -0.25) is 14.2 Å². The quantitative estimate of drug-likeness (QED) is 0.546. The molecule has 1 aliphatic rings. The van der Waals surface area contributed by atoms with Crippen LogP contribution in [0, 0.1) is 0 Å². The Morgan fingerprint density at radius 1 is 0.867 bits per heavy atom. The lowest BCUT2D eigenvalue weighted by Gasteiger charge is -2.01. The van der Waals surface area contributed by atoms with E-state index in [4.69, 9.17) is 0 Å². The topological polar surface area (TPSA) is 39.1 Å². The van der Waals surface area contributed by atoms with Crippen molar-refractivity contribution >= 4 is 5.78 Å². The number of carbonyl (C=O) groups excluding carboxylic acids is 1. The van der Waals surface area contributed by atoms with Gasteiger partial charge in [-0.2, -0.15) is 0 Å². The second kappa shape index (κ2) is 2.67. The molecule has 0 fully saturated rings. The van der Waals surface area contributed by atoms with Crippen molar-refractivity contribution in [3.05, 3.63) is 64.1 Å². The molecular formula is C12H7NO2. The van der Waals surface area contributed by atoms with E-state index in [1.807, 2.05) is 6.07 Å². The normalized spacial score (nSPS) is 12.4. The molecule has 2 aromatic rings. The van der Waals surface area contributed by atoms with Crippen molar-refractivity contribution in [1.29, 1.82) is 0 Å². The molecular weight excluding hydrogens is 190 g/mol. The number of fused-ring (bicyclic) bond motifs is 3. The molecule has 1 aromatic carbocycles. The second-order valence-corrected chi connectivity index (χ2v) is 3.43. The van der Waals surface area contributed by atoms with Crippen LogP contribution >= 0.6 is 0 Å². The summed E-state index contributed by atoms with van der Waals surface area (Å²) in [5, 5.41) is 0. The van der Waals surface area contributed by atoms with Gasteiger partial charge in [0, 0.05) is 11.6 Å². The van der Waals surface area contributed by atoms with Crippen molar-refractivity contribution in [2.24, 2.45) is 0 Å². The maximum atomic E-state index is 11.9. The minimum absolute atomic E-state index is 0.0803. The third-order valence-corrected chi connectivity index (χ3v) is 2.58. The van der Waals surface area contributed by atoms with Gasteiger partial charge in [-0.05, 0) is 18.2 Å². The van der Waals surface area contributed by atoms with Gasteiger partial charge in [0.25, 0.3) is 5.56 Å². The lowest BCUT2D eigenvalue weighted by Crippen LogP contribution is -2.17. The average molecular weight is 197 g/mol. The molecule has 1 aromatic heterocycles. The average Bonchev–Trinajstić information content (AvgIpc) is 2.55. The van der Waals surface area contributed by atoms with E-state index in [9.17, 15) is 9.59 Å². The predicted octanol–water partition coefficient (Wildman–Crippen LogP) is 1.38. The molecule has 0 saturated heterocycles. The molecule has 3 heteroatoms. The molecule has 0 aliphatic carbocycles. The van der Waals surface area contributed by atoms with E-state index < -0.39 is 0 Å². The maximum Gasteiger partial charge on any atom is 0.255 e. The molecule has 3 nitrogen and oxygen atoms in total. The van der Waals surface area contributed by atoms with Crippen LogP contribution in [0.2, 0.25) is 0 Å². The number of carbonyl (C=O) groups is 1. The summed E-state index contributed by atoms with van der Waals surface area (Å²) >= 11 is 0. The smallest absolute Gasteiger partial charge is 0.255 e. The summed E-state index contributed by atoms with van der Waals surface area (Å²) in [6.45, 7) is 0. The van der Waals surface area contributed by atoms with Gasteiger partial charge in [-0.25, -0.2) is 0 Å². The van der Waals surface area contributed by atoms with Crippen LogP contribution in [0.25, 0.3) is 5.69 Å². The first kappa shape index (κ1) is 8.17. The van der Waals surface area contributed by atoms with Crippen molar-refractivity contribution in [2.45, 2.75) is 0 Å². The van der Waals surface area contributed by atoms with E-state index in [-0.39, 0.29) is 11.3 Å². The van der Waals surface area contributed by atoms with Gasteiger partial charge < -0.3 is 0 Å². The molecule has 0 N–H and O–H groups in total. The van der Waals surface area contributed by atoms with Crippen LogP contribution in [0.15, 0.2) is 47.3 Å². The van der Waals surface area contributed by atoms with Crippen LogP contribution in [-0.4, -0.2) is 10.4 Å². The molecule has 0 unspecified atom stereocenters. The van der Waals surface area contributed by atoms with Crippen molar-refractivity contribution in [1.82, 2.24) is 4.57 Å². The Labute approximate surface area is 85.6 Å². The molecule has 3 rings (SSSR count). The first-order valence-electron chi connectivity index (χ1n) is 4.65. The number of aromatic nitrogens is 1. The monoisotopic (exact) mass is 197 g/mol. The molecule has 0 radical (unpaired) electrons. The van der Waals surface area contributed by atoms with Gasteiger partial charge in [-0.1, -0.05) is 18.2 Å². The Balaban J connectivity index is 2.50. The molecule has 0 saturated carbocycles. The predicted molar refractivity (Wildman–Crippen MR) is 55.5 cm³/mol. The summed E-state index contributed by atoms with van der Waals surface area (Å²) in [4.78, 5) is 23.5. The molecule has 2 heterocycles. The highest BCUT2D eigenvalue weighted by molar-refractivity contribution is 6.13. The van der Waals surface area contributed by atoms with Crippen molar-refractivity contribution in [2.75, 3.05) is 0 Å². The third kappa shape index (κ3) is 0.944. The fourth-order valence-corrected chi connectivity index (χ4v) is 1.91. The Hall–Kier alpha value is -2.16. The number of hydrogen-bond donors (Lipinski definition) is 0. The van der Waals surface area contributed by atoms with Gasteiger partial charge in [0.2, 0.25) is 5.78 Å². The molecule has 0 spiro atoms. The highest BCUT2D eigenvalue weighted by atomic mass is 16.1. The van der Waals surface area contributed by atoms with Crippen molar-refractivity contribution in [3.63, 3.8) is 0 Å². The van der Waals surface area contributed by atoms with Crippen molar-refractivity contribution in [3.8, 4) is 5.69 Å². The zero-order valence-electron chi connectivity index (χ0n) is 7.81. The summed E-state index contributed by atoms with van der Waals surface area (Å²) < 4.78 is 1.46. The summed E-state index contributed by atoms with van der Waals surface area (Å²) in [5.74, 6) is -0.0803. The summed E-state index contributed by atoms with van der Waals surface area (Å²) in [7, 11) is 0. The van der Waals surface area contributed by atoms with Crippen LogP contribution in [-0.2, 0) is 0 Å². The number of ketones is 1. The number of para-hydroxylation sites is 1. The van der Waals surface area contributed by atoms with Crippen LogP contribution in [0.1, 0.15) is 16.1 Å². The Kier molecular flexibility index (Phi) is 1.45. The van der Waals surface area contributed by atoms with Gasteiger partial charge in [0.15, 0.2) is 0 Å². The Morgan fingerprint density at radius 3 is 2.53 bits per heavy atom. The van der Waals surface area contributed by atoms with Gasteiger partial charge in [0.05, 0.1) is 11.4 Å². The van der Waals surface area contributed by atoms with Crippen LogP contribution in [0.5, 0.6) is 0 Å². The highest BCUT2D eigenvalue weighted by Crippen LogP contribution is 2.24. The maximum absolute atomic E-state index is 11.9. The largest absolute Gasteiger partial charge is 0.287 e. The minimum atomic E-state index is -0.161. The van der Waals surface area contributed by atoms with Crippen LogP contribution in [0.3, 0.4) is 0 Å². The van der Waals surface area contributed by atoms with E-state index in [1.54, 1.807) is 30.3 Å². The fraction of sp³-hybridized carbons (Fsp3) is 0. The lowest BCUT2D eigenvalue weighted by atomic mass is 10.1. The van der Waals surface area contributed by atoms with Gasteiger partial charge >= 0.3 is 0 Å². The number of nitrogens with zero attached hydrogens (tertiary/aromatic N) is 1. The van der Waals surface area contributed by atoms with Gasteiger partial charge in [0.1, 0.15) is 0 Å². The molecule has 1 aliphatic heterocycles. The standard InChI is InChI=1S/C12H7NO2/c14-11-7-3-6-10-12(15)8-4-1-2-5-9(8)13(10)11/h1-7H. The molecule has 0 atom stereocenters. The Morgan fingerprint density at radius 2 is 1.67 bits per heavy atom. The number of rotatable bonds is 0. The van der Waals surface area contributed by atoms with Crippen molar-refractivity contribution < 1.29 is 4.79 Å².